The highest BCUT2D eigenvalue weighted by Gasteiger charge is 2.27. The lowest BCUT2D eigenvalue weighted by molar-refractivity contribution is -0.161. The van der Waals surface area contributed by atoms with Crippen molar-refractivity contribution in [3.8, 4) is 0 Å². The van der Waals surface area contributed by atoms with E-state index in [9.17, 15) is 24.2 Å². The Morgan fingerprint density at radius 1 is 0.477 bits per heavy atom. The first-order valence-corrected chi connectivity index (χ1v) is 27.0. The number of hydrogen-bond donors (Lipinski definition) is 3. The Balaban J connectivity index is 4.27. The summed E-state index contributed by atoms with van der Waals surface area (Å²) in [5, 5.41) is 18.4. The molecule has 0 spiro atoms. The zero-order valence-corrected chi connectivity index (χ0v) is 41.8. The number of aliphatic hydroxyl groups excluding tert-OH is 2. The van der Waals surface area contributed by atoms with Crippen molar-refractivity contribution in [1.82, 2.24) is 0 Å². The van der Waals surface area contributed by atoms with Gasteiger partial charge in [-0.2, -0.15) is 0 Å². The topological polar surface area (TPSA) is 149 Å². The zero-order valence-electron chi connectivity index (χ0n) is 40.9. The average Bonchev–Trinajstić information content (AvgIpc) is 3.30. The molecule has 0 fully saturated rings. The first-order chi connectivity index (χ1) is 31.7. The molecule has 0 heterocycles. The molecule has 0 bridgehead atoms. The molecule has 0 aromatic heterocycles. The van der Waals surface area contributed by atoms with Gasteiger partial charge >= 0.3 is 19.8 Å². The van der Waals surface area contributed by atoms with Crippen molar-refractivity contribution in [2.45, 2.75) is 219 Å². The zero-order chi connectivity index (χ0) is 47.6. The monoisotopic (exact) mass is 933 g/mol. The van der Waals surface area contributed by atoms with Crippen molar-refractivity contribution in [2.24, 2.45) is 0 Å². The number of carbonyl (C=O) groups is 2. The molecule has 3 N–H and O–H groups in total. The van der Waals surface area contributed by atoms with Gasteiger partial charge in [-0.1, -0.05) is 202 Å². The Kier molecular flexibility index (Phi) is 46.9. The fraction of sp³-hybridized carbons (Fsp3) is 0.704. The summed E-state index contributed by atoms with van der Waals surface area (Å²) in [4.78, 5) is 35.1. The average molecular weight is 933 g/mol. The van der Waals surface area contributed by atoms with Crippen molar-refractivity contribution in [3.63, 3.8) is 0 Å². The molecule has 0 aliphatic heterocycles. The molecule has 0 radical (unpaired) electrons. The third-order valence-electron chi connectivity index (χ3n) is 10.5. The van der Waals surface area contributed by atoms with E-state index in [1.165, 1.54) is 109 Å². The summed E-state index contributed by atoms with van der Waals surface area (Å²) in [7, 11) is -4.65. The molecule has 3 atom stereocenters. The van der Waals surface area contributed by atoms with Gasteiger partial charge in [-0.25, -0.2) is 4.57 Å². The van der Waals surface area contributed by atoms with Gasteiger partial charge in [0.15, 0.2) is 6.10 Å². The van der Waals surface area contributed by atoms with E-state index in [4.69, 9.17) is 23.6 Å². The molecule has 0 aliphatic carbocycles. The Morgan fingerprint density at radius 3 is 1.34 bits per heavy atom. The minimum atomic E-state index is -4.65. The van der Waals surface area contributed by atoms with Crippen LogP contribution in [0.1, 0.15) is 206 Å². The maximum Gasteiger partial charge on any atom is 0.472 e. The molecule has 0 amide bonds. The van der Waals surface area contributed by atoms with Crippen LogP contribution in [0.15, 0.2) is 85.1 Å². The van der Waals surface area contributed by atoms with Crippen molar-refractivity contribution in [3.05, 3.63) is 85.1 Å². The number of hydrogen-bond acceptors (Lipinski definition) is 9. The molecule has 0 aliphatic rings. The molecule has 0 aromatic carbocycles. The Bertz CT molecular complexity index is 1350. The minimum Gasteiger partial charge on any atom is -0.462 e. The summed E-state index contributed by atoms with van der Waals surface area (Å²) < 4.78 is 32.8. The van der Waals surface area contributed by atoms with Crippen LogP contribution in [0.5, 0.6) is 0 Å². The highest BCUT2D eigenvalue weighted by atomic mass is 31.2. The lowest BCUT2D eigenvalue weighted by Crippen LogP contribution is -2.29. The first-order valence-electron chi connectivity index (χ1n) is 25.5. The van der Waals surface area contributed by atoms with Gasteiger partial charge < -0.3 is 24.6 Å². The van der Waals surface area contributed by atoms with Crippen LogP contribution in [-0.4, -0.2) is 65.7 Å². The van der Waals surface area contributed by atoms with Crippen LogP contribution in [0, 0.1) is 0 Å². The van der Waals surface area contributed by atoms with Gasteiger partial charge in [-0.3, -0.25) is 18.6 Å². The van der Waals surface area contributed by atoms with Gasteiger partial charge in [-0.15, -0.1) is 0 Å². The molecule has 0 aromatic rings. The van der Waals surface area contributed by atoms with Gasteiger partial charge in [-0.05, 0) is 77.0 Å². The van der Waals surface area contributed by atoms with Crippen LogP contribution in [0.3, 0.4) is 0 Å². The fourth-order valence-corrected chi connectivity index (χ4v) is 7.45. The van der Waals surface area contributed by atoms with Crippen molar-refractivity contribution in [1.29, 1.82) is 0 Å². The van der Waals surface area contributed by atoms with E-state index in [1.54, 1.807) is 0 Å². The molecule has 65 heavy (non-hydrogen) atoms. The lowest BCUT2D eigenvalue weighted by atomic mass is 10.0. The Labute approximate surface area is 396 Å². The van der Waals surface area contributed by atoms with E-state index in [2.05, 4.69) is 86.8 Å². The van der Waals surface area contributed by atoms with Crippen molar-refractivity contribution >= 4 is 19.8 Å². The molecule has 0 rings (SSSR count). The standard InChI is InChI=1S/C54H93O10P/c1-3-5-7-9-11-13-15-17-19-21-23-24-25-26-28-29-31-33-35-37-39-41-43-45-53(57)61-49-52(50-63-65(59,60)62-48-51(56)47-55)64-54(58)46-44-42-40-38-36-34-32-30-27-22-20-18-16-14-12-10-8-6-4-2/h6,8,12,14,18,20-21,23,27,30,34,36,40,42,51-52,55-56H,3-5,7,9-11,13,15-17,19,22,24-26,28-29,31-33,35,37-39,41,43-50H2,1-2H3,(H,59,60)/b8-6-,14-12-,20-18-,23-21-,30-27-,36-34-,42-40-. The highest BCUT2D eigenvalue weighted by Crippen LogP contribution is 2.43. The summed E-state index contributed by atoms with van der Waals surface area (Å²) in [6.07, 6.45) is 60.0. The third-order valence-corrected chi connectivity index (χ3v) is 11.5. The summed E-state index contributed by atoms with van der Waals surface area (Å²) in [6.45, 7) is 2.19. The Hall–Kier alpha value is -2.85. The molecule has 0 saturated carbocycles. The van der Waals surface area contributed by atoms with E-state index in [0.29, 0.717) is 12.8 Å². The first kappa shape index (κ1) is 62.1. The Morgan fingerprint density at radius 2 is 0.877 bits per heavy atom. The predicted molar refractivity (Wildman–Crippen MR) is 269 cm³/mol. The van der Waals surface area contributed by atoms with Crippen LogP contribution in [0.2, 0.25) is 0 Å². The number of phosphoric ester groups is 1. The molecular formula is C54H93O10P. The van der Waals surface area contributed by atoms with E-state index >= 15 is 0 Å². The summed E-state index contributed by atoms with van der Waals surface area (Å²) in [5.74, 6) is -1.02. The van der Waals surface area contributed by atoms with E-state index in [-0.39, 0.29) is 19.4 Å². The number of esters is 2. The van der Waals surface area contributed by atoms with Gasteiger partial charge in [0.25, 0.3) is 0 Å². The number of ether oxygens (including phenoxy) is 2. The minimum absolute atomic E-state index is 0.0555. The normalized spacial score (nSPS) is 14.4. The molecular weight excluding hydrogens is 840 g/mol. The maximum atomic E-state index is 12.6. The van der Waals surface area contributed by atoms with E-state index in [0.717, 1.165) is 57.8 Å². The second kappa shape index (κ2) is 49.1. The number of aliphatic hydroxyl groups is 2. The molecule has 0 saturated heterocycles. The van der Waals surface area contributed by atoms with Crippen LogP contribution in [0.4, 0.5) is 0 Å². The second-order valence-corrected chi connectivity index (χ2v) is 18.3. The van der Waals surface area contributed by atoms with Crippen LogP contribution < -0.4 is 0 Å². The summed E-state index contributed by atoms with van der Waals surface area (Å²) >= 11 is 0. The van der Waals surface area contributed by atoms with Gasteiger partial charge in [0, 0.05) is 12.8 Å². The van der Waals surface area contributed by atoms with E-state index < -0.39 is 51.8 Å². The van der Waals surface area contributed by atoms with Crippen molar-refractivity contribution in [2.75, 3.05) is 26.4 Å². The molecule has 3 unspecified atom stereocenters. The number of allylic oxidation sites excluding steroid dienone is 14. The van der Waals surface area contributed by atoms with Gasteiger partial charge in [0.05, 0.1) is 19.8 Å². The number of phosphoric acid groups is 1. The number of unbranched alkanes of at least 4 members (excludes halogenated alkanes) is 19. The highest BCUT2D eigenvalue weighted by molar-refractivity contribution is 7.47. The van der Waals surface area contributed by atoms with Crippen LogP contribution in [0.25, 0.3) is 0 Å². The van der Waals surface area contributed by atoms with Gasteiger partial charge in [0.1, 0.15) is 12.7 Å². The van der Waals surface area contributed by atoms with Crippen molar-refractivity contribution < 1.29 is 47.8 Å². The summed E-state index contributed by atoms with van der Waals surface area (Å²) in [5.41, 5.74) is 0. The second-order valence-electron chi connectivity index (χ2n) is 16.8. The number of rotatable bonds is 47. The molecule has 374 valence electrons. The fourth-order valence-electron chi connectivity index (χ4n) is 6.66. The van der Waals surface area contributed by atoms with Crippen LogP contribution >= 0.6 is 7.82 Å². The van der Waals surface area contributed by atoms with Crippen LogP contribution in [-0.2, 0) is 32.7 Å². The summed E-state index contributed by atoms with van der Waals surface area (Å²) in [6, 6.07) is 0. The molecule has 10 nitrogen and oxygen atoms in total. The molecule has 11 heteroatoms. The predicted octanol–water partition coefficient (Wildman–Crippen LogP) is 14.6. The SMILES string of the molecule is CC/C=C\C/C=C\C/C=C\C/C=C\C/C=C\C/C=C\CCC(=O)OC(COC(=O)CCCCCCCCCCCCC/C=C\CCCCCCCCCC)COP(=O)(O)OCC(O)CO. The lowest BCUT2D eigenvalue weighted by Gasteiger charge is -2.20. The largest absolute Gasteiger partial charge is 0.472 e. The smallest absolute Gasteiger partial charge is 0.462 e. The van der Waals surface area contributed by atoms with Gasteiger partial charge in [0.2, 0.25) is 0 Å². The number of carbonyl (C=O) groups excluding carboxylic acids is 2. The quantitative estimate of drug-likeness (QED) is 0.0233. The third kappa shape index (κ3) is 48.9. The van der Waals surface area contributed by atoms with E-state index in [1.807, 2.05) is 12.2 Å². The maximum absolute atomic E-state index is 12.6.